The predicted octanol–water partition coefficient (Wildman–Crippen LogP) is 3.57. The summed E-state index contributed by atoms with van der Waals surface area (Å²) in [6, 6.07) is 13.4. The van der Waals surface area contributed by atoms with Crippen molar-refractivity contribution in [2.45, 2.75) is 30.7 Å². The predicted molar refractivity (Wildman–Crippen MR) is 75.4 cm³/mol. The Kier molecular flexibility index (Phi) is 3.30. The molecule has 1 nitrogen and oxygen atoms in total. The number of hydrogen-bond acceptors (Lipinski definition) is 1. The first-order chi connectivity index (χ1) is 9.62. The molecular formula is C17H17F2N. The van der Waals surface area contributed by atoms with E-state index in [1.807, 2.05) is 18.2 Å². The van der Waals surface area contributed by atoms with Crippen molar-refractivity contribution in [2.75, 3.05) is 0 Å². The summed E-state index contributed by atoms with van der Waals surface area (Å²) < 4.78 is 26.9. The van der Waals surface area contributed by atoms with Gasteiger partial charge >= 0.3 is 0 Å². The summed E-state index contributed by atoms with van der Waals surface area (Å²) in [6.07, 6.45) is 2.38. The van der Waals surface area contributed by atoms with Crippen molar-refractivity contribution < 1.29 is 8.78 Å². The van der Waals surface area contributed by atoms with Gasteiger partial charge in [0.15, 0.2) is 0 Å². The van der Waals surface area contributed by atoms with Crippen LogP contribution in [0.15, 0.2) is 48.5 Å². The maximum Gasteiger partial charge on any atom is 0.126 e. The molecule has 2 N–H and O–H groups in total. The topological polar surface area (TPSA) is 26.0 Å². The molecule has 1 aliphatic carbocycles. The SMILES string of the molecule is NC(Cc1cc(F)ccc1F)C1(c2ccccc2)CC1. The Morgan fingerprint density at radius 1 is 1.05 bits per heavy atom. The van der Waals surface area contributed by atoms with E-state index in [9.17, 15) is 8.78 Å². The summed E-state index contributed by atoms with van der Waals surface area (Å²) in [5.74, 6) is -0.802. The van der Waals surface area contributed by atoms with Crippen LogP contribution in [0.3, 0.4) is 0 Å². The lowest BCUT2D eigenvalue weighted by atomic mass is 9.85. The van der Waals surface area contributed by atoms with Gasteiger partial charge in [0.2, 0.25) is 0 Å². The summed E-state index contributed by atoms with van der Waals surface area (Å²) in [7, 11) is 0. The molecule has 3 heteroatoms. The molecule has 20 heavy (non-hydrogen) atoms. The molecule has 0 saturated heterocycles. The molecule has 2 aromatic rings. The lowest BCUT2D eigenvalue weighted by Gasteiger charge is -2.24. The number of nitrogens with two attached hydrogens (primary N) is 1. The van der Waals surface area contributed by atoms with E-state index in [0.29, 0.717) is 12.0 Å². The molecule has 0 radical (unpaired) electrons. The van der Waals surface area contributed by atoms with Crippen molar-refractivity contribution in [3.63, 3.8) is 0 Å². The fourth-order valence-corrected chi connectivity index (χ4v) is 2.91. The summed E-state index contributed by atoms with van der Waals surface area (Å²) in [4.78, 5) is 0. The first-order valence-corrected chi connectivity index (χ1v) is 6.87. The lowest BCUT2D eigenvalue weighted by molar-refractivity contribution is 0.496. The Balaban J connectivity index is 1.83. The van der Waals surface area contributed by atoms with Crippen LogP contribution in [0.25, 0.3) is 0 Å². The van der Waals surface area contributed by atoms with E-state index < -0.39 is 5.82 Å². The highest BCUT2D eigenvalue weighted by Gasteiger charge is 2.49. The van der Waals surface area contributed by atoms with Crippen LogP contribution in [0, 0.1) is 11.6 Å². The molecule has 1 fully saturated rings. The maximum atomic E-state index is 13.7. The zero-order valence-corrected chi connectivity index (χ0v) is 11.2. The molecule has 1 saturated carbocycles. The maximum absolute atomic E-state index is 13.7. The molecule has 2 aromatic carbocycles. The van der Waals surface area contributed by atoms with Gasteiger partial charge in [-0.15, -0.1) is 0 Å². The van der Waals surface area contributed by atoms with Crippen LogP contribution in [-0.2, 0) is 11.8 Å². The molecule has 3 rings (SSSR count). The van der Waals surface area contributed by atoms with Crippen molar-refractivity contribution in [2.24, 2.45) is 5.73 Å². The Hall–Kier alpha value is -1.74. The fraction of sp³-hybridized carbons (Fsp3) is 0.294. The third-order valence-corrected chi connectivity index (χ3v) is 4.29. The highest BCUT2D eigenvalue weighted by molar-refractivity contribution is 5.35. The van der Waals surface area contributed by atoms with E-state index >= 15 is 0 Å². The zero-order valence-electron chi connectivity index (χ0n) is 11.2. The Labute approximate surface area is 117 Å². The molecule has 1 atom stereocenters. The number of benzene rings is 2. The number of halogens is 2. The Morgan fingerprint density at radius 2 is 1.75 bits per heavy atom. The van der Waals surface area contributed by atoms with E-state index in [1.165, 1.54) is 17.7 Å². The van der Waals surface area contributed by atoms with Gasteiger partial charge < -0.3 is 5.73 Å². The van der Waals surface area contributed by atoms with E-state index in [2.05, 4.69) is 12.1 Å². The molecule has 0 heterocycles. The molecule has 0 spiro atoms. The van der Waals surface area contributed by atoms with Crippen LogP contribution in [0.4, 0.5) is 8.78 Å². The molecule has 104 valence electrons. The molecule has 0 aromatic heterocycles. The average Bonchev–Trinajstić information content (AvgIpc) is 3.25. The third kappa shape index (κ3) is 2.34. The van der Waals surface area contributed by atoms with Gasteiger partial charge in [0.05, 0.1) is 0 Å². The quantitative estimate of drug-likeness (QED) is 0.905. The summed E-state index contributed by atoms with van der Waals surface area (Å²) in [6.45, 7) is 0. The first-order valence-electron chi connectivity index (χ1n) is 6.87. The molecule has 1 aliphatic rings. The highest BCUT2D eigenvalue weighted by Crippen LogP contribution is 2.51. The standard InChI is InChI=1S/C17H17F2N/c18-14-6-7-15(19)12(10-14)11-16(20)17(8-9-17)13-4-2-1-3-5-13/h1-7,10,16H,8-9,11,20H2. The van der Waals surface area contributed by atoms with Crippen molar-refractivity contribution in [3.05, 3.63) is 71.3 Å². The molecule has 0 aliphatic heterocycles. The van der Waals surface area contributed by atoms with E-state index in [1.54, 1.807) is 0 Å². The first kappa shape index (κ1) is 13.3. The summed E-state index contributed by atoms with van der Waals surface area (Å²) in [5.41, 5.74) is 7.80. The zero-order chi connectivity index (χ0) is 14.2. The monoisotopic (exact) mass is 273 g/mol. The second-order valence-electron chi connectivity index (χ2n) is 5.57. The van der Waals surface area contributed by atoms with Gasteiger partial charge in [-0.2, -0.15) is 0 Å². The third-order valence-electron chi connectivity index (χ3n) is 4.29. The van der Waals surface area contributed by atoms with Crippen LogP contribution in [0.1, 0.15) is 24.0 Å². The second-order valence-corrected chi connectivity index (χ2v) is 5.57. The minimum atomic E-state index is -0.418. The van der Waals surface area contributed by atoms with Crippen LogP contribution < -0.4 is 5.73 Å². The van der Waals surface area contributed by atoms with Gasteiger partial charge in [0.1, 0.15) is 11.6 Å². The van der Waals surface area contributed by atoms with Gasteiger partial charge in [0, 0.05) is 11.5 Å². The van der Waals surface area contributed by atoms with Crippen molar-refractivity contribution in [1.29, 1.82) is 0 Å². The van der Waals surface area contributed by atoms with Crippen LogP contribution in [0.5, 0.6) is 0 Å². The van der Waals surface area contributed by atoms with Crippen LogP contribution in [0.2, 0.25) is 0 Å². The van der Waals surface area contributed by atoms with Crippen molar-refractivity contribution in [1.82, 2.24) is 0 Å². The van der Waals surface area contributed by atoms with Crippen molar-refractivity contribution >= 4 is 0 Å². The highest BCUT2D eigenvalue weighted by atomic mass is 19.1. The fourth-order valence-electron chi connectivity index (χ4n) is 2.91. The molecule has 1 unspecified atom stereocenters. The van der Waals surface area contributed by atoms with Gasteiger partial charge in [-0.05, 0) is 48.6 Å². The lowest BCUT2D eigenvalue weighted by Crippen LogP contribution is -2.37. The number of rotatable bonds is 4. The minimum absolute atomic E-state index is 0.0694. The summed E-state index contributed by atoms with van der Waals surface area (Å²) in [5, 5.41) is 0. The smallest absolute Gasteiger partial charge is 0.126 e. The largest absolute Gasteiger partial charge is 0.327 e. The van der Waals surface area contributed by atoms with Gasteiger partial charge in [-0.25, -0.2) is 8.78 Å². The van der Waals surface area contributed by atoms with E-state index in [-0.39, 0.29) is 17.3 Å². The number of hydrogen-bond donors (Lipinski definition) is 1. The van der Waals surface area contributed by atoms with Crippen LogP contribution >= 0.6 is 0 Å². The van der Waals surface area contributed by atoms with Gasteiger partial charge in [-0.3, -0.25) is 0 Å². The normalized spacial score (nSPS) is 17.8. The minimum Gasteiger partial charge on any atom is -0.327 e. The Bertz CT molecular complexity index is 606. The van der Waals surface area contributed by atoms with Crippen molar-refractivity contribution in [3.8, 4) is 0 Å². The van der Waals surface area contributed by atoms with Crippen LogP contribution in [-0.4, -0.2) is 6.04 Å². The second kappa shape index (κ2) is 4.98. The molecule has 0 bridgehead atoms. The molecular weight excluding hydrogens is 256 g/mol. The summed E-state index contributed by atoms with van der Waals surface area (Å²) >= 11 is 0. The van der Waals surface area contributed by atoms with E-state index in [4.69, 9.17) is 5.73 Å². The van der Waals surface area contributed by atoms with Gasteiger partial charge in [-0.1, -0.05) is 30.3 Å². The van der Waals surface area contributed by atoms with Gasteiger partial charge in [0.25, 0.3) is 0 Å². The Morgan fingerprint density at radius 3 is 2.40 bits per heavy atom. The molecule has 0 amide bonds. The van der Waals surface area contributed by atoms with E-state index in [0.717, 1.165) is 18.9 Å². The average molecular weight is 273 g/mol.